The van der Waals surface area contributed by atoms with Gasteiger partial charge in [-0.15, -0.1) is 15.0 Å². The quantitative estimate of drug-likeness (QED) is 0.219. The van der Waals surface area contributed by atoms with Crippen LogP contribution in [0.3, 0.4) is 0 Å². The third-order valence-corrected chi connectivity index (χ3v) is 7.06. The van der Waals surface area contributed by atoms with E-state index in [2.05, 4.69) is 31.0 Å². The number of aromatic nitrogens is 3. The summed E-state index contributed by atoms with van der Waals surface area (Å²) >= 11 is 0. The first-order valence-electron chi connectivity index (χ1n) is 13.0. The van der Waals surface area contributed by atoms with E-state index in [1.54, 1.807) is 0 Å². The summed E-state index contributed by atoms with van der Waals surface area (Å²) in [6.07, 6.45) is 3.37. The molecule has 0 saturated heterocycles. The van der Waals surface area contributed by atoms with Gasteiger partial charge in [0.1, 0.15) is 22.5 Å². The average molecular weight is 510 g/mol. The van der Waals surface area contributed by atoms with Gasteiger partial charge in [-0.25, -0.2) is 0 Å². The zero-order valence-electron chi connectivity index (χ0n) is 21.6. The fourth-order valence-corrected chi connectivity index (χ4v) is 4.77. The normalized spacial score (nSPS) is 12.4. The Morgan fingerprint density at radius 3 is 2.16 bits per heavy atom. The molecule has 0 bridgehead atoms. The van der Waals surface area contributed by atoms with Gasteiger partial charge in [0.05, 0.1) is 5.56 Å². The Labute approximate surface area is 216 Å². The predicted octanol–water partition coefficient (Wildman–Crippen LogP) is 8.37. The van der Waals surface area contributed by atoms with Gasteiger partial charge in [-0.2, -0.15) is 13.2 Å². The zero-order chi connectivity index (χ0) is 26.6. The number of halogens is 3. The Kier molecular flexibility index (Phi) is 7.90. The largest absolute Gasteiger partial charge is 0.505 e. The highest BCUT2D eigenvalue weighted by Crippen LogP contribution is 2.41. The minimum absolute atomic E-state index is 0.0249. The molecule has 0 unspecified atom stereocenters. The second-order valence-electron chi connectivity index (χ2n) is 10.2. The van der Waals surface area contributed by atoms with Crippen molar-refractivity contribution in [3.05, 3.63) is 82.9 Å². The van der Waals surface area contributed by atoms with Crippen LogP contribution in [0.1, 0.15) is 81.5 Å². The summed E-state index contributed by atoms with van der Waals surface area (Å²) in [7, 11) is 0. The van der Waals surface area contributed by atoms with Crippen molar-refractivity contribution in [1.82, 2.24) is 15.0 Å². The van der Waals surface area contributed by atoms with Gasteiger partial charge in [-0.1, -0.05) is 89.3 Å². The van der Waals surface area contributed by atoms with Gasteiger partial charge < -0.3 is 5.11 Å². The maximum atomic E-state index is 13.2. The first-order chi connectivity index (χ1) is 17.6. The number of alkyl halides is 3. The third kappa shape index (κ3) is 5.97. The van der Waals surface area contributed by atoms with Crippen LogP contribution in [0.15, 0.2) is 60.7 Å². The van der Waals surface area contributed by atoms with Gasteiger partial charge >= 0.3 is 6.18 Å². The summed E-state index contributed by atoms with van der Waals surface area (Å²) < 4.78 is 39.7. The molecule has 0 aliphatic heterocycles. The van der Waals surface area contributed by atoms with Crippen LogP contribution in [0, 0.1) is 0 Å². The second-order valence-corrected chi connectivity index (χ2v) is 10.2. The molecule has 4 aromatic rings. The highest BCUT2D eigenvalue weighted by Gasteiger charge is 2.32. The topological polar surface area (TPSA) is 50.9 Å². The predicted molar refractivity (Wildman–Crippen MR) is 141 cm³/mol. The van der Waals surface area contributed by atoms with Crippen LogP contribution < -0.4 is 0 Å². The van der Waals surface area contributed by atoms with Crippen molar-refractivity contribution >= 4 is 11.0 Å². The summed E-state index contributed by atoms with van der Waals surface area (Å²) in [4.78, 5) is 1.26. The van der Waals surface area contributed by atoms with E-state index in [4.69, 9.17) is 0 Å². The number of benzene rings is 3. The summed E-state index contributed by atoms with van der Waals surface area (Å²) in [6.45, 7) is 6.31. The first kappa shape index (κ1) is 26.7. The van der Waals surface area contributed by atoms with Crippen molar-refractivity contribution in [1.29, 1.82) is 0 Å². The highest BCUT2D eigenvalue weighted by molar-refractivity contribution is 5.75. The van der Waals surface area contributed by atoms with Crippen LogP contribution in [0.4, 0.5) is 13.2 Å². The monoisotopic (exact) mass is 509 g/mol. The molecule has 0 aliphatic carbocycles. The highest BCUT2D eigenvalue weighted by atomic mass is 19.4. The lowest BCUT2D eigenvalue weighted by Crippen LogP contribution is -2.20. The van der Waals surface area contributed by atoms with E-state index < -0.39 is 17.2 Å². The zero-order valence-corrected chi connectivity index (χ0v) is 21.6. The second kappa shape index (κ2) is 11.0. The first-order valence-corrected chi connectivity index (χ1v) is 13.0. The number of aryl methyl sites for hydroxylation is 1. The molecule has 4 rings (SSSR count). The van der Waals surface area contributed by atoms with E-state index in [1.165, 1.54) is 36.5 Å². The number of unbranched alkanes of at least 4 members (excludes halogenated alkanes) is 5. The van der Waals surface area contributed by atoms with Gasteiger partial charge in [0.15, 0.2) is 0 Å². The minimum Gasteiger partial charge on any atom is -0.505 e. The molecule has 0 amide bonds. The molecule has 0 saturated carbocycles. The molecule has 0 atom stereocenters. The van der Waals surface area contributed by atoms with E-state index in [1.807, 2.05) is 42.5 Å². The van der Waals surface area contributed by atoms with Gasteiger partial charge in [-0.05, 0) is 48.2 Å². The Balaban J connectivity index is 1.76. The van der Waals surface area contributed by atoms with Crippen molar-refractivity contribution in [3.8, 4) is 11.4 Å². The van der Waals surface area contributed by atoms with Crippen LogP contribution >= 0.6 is 0 Å². The Hall–Kier alpha value is -3.35. The lowest BCUT2D eigenvalue weighted by atomic mass is 9.76. The molecular formula is C30H34F3N3O. The number of aromatic hydroxyl groups is 1. The van der Waals surface area contributed by atoms with Crippen molar-refractivity contribution in [3.63, 3.8) is 0 Å². The Morgan fingerprint density at radius 1 is 0.784 bits per heavy atom. The van der Waals surface area contributed by atoms with Crippen molar-refractivity contribution < 1.29 is 18.3 Å². The van der Waals surface area contributed by atoms with Crippen LogP contribution in [0.5, 0.6) is 5.75 Å². The number of hydrogen-bond acceptors (Lipinski definition) is 3. The number of hydrogen-bond donors (Lipinski definition) is 1. The molecule has 0 radical (unpaired) electrons. The maximum Gasteiger partial charge on any atom is 0.416 e. The smallest absolute Gasteiger partial charge is 0.416 e. The molecular weight excluding hydrogens is 475 g/mol. The Bertz CT molecular complexity index is 1340. The fourth-order valence-electron chi connectivity index (χ4n) is 4.77. The number of rotatable bonds is 10. The van der Waals surface area contributed by atoms with E-state index in [0.717, 1.165) is 48.1 Å². The van der Waals surface area contributed by atoms with E-state index in [0.29, 0.717) is 11.2 Å². The molecule has 0 fully saturated rings. The number of phenols is 1. The molecule has 7 heteroatoms. The lowest BCUT2D eigenvalue weighted by molar-refractivity contribution is -0.137. The average Bonchev–Trinajstić information content (AvgIpc) is 3.30. The molecule has 196 valence electrons. The van der Waals surface area contributed by atoms with Gasteiger partial charge in [0, 0.05) is 11.0 Å². The number of phenolic OH excluding ortho intramolecular Hbond substituents is 1. The number of nitrogens with zero attached hydrogens (tertiary/aromatic N) is 3. The maximum absolute atomic E-state index is 13.2. The van der Waals surface area contributed by atoms with E-state index in [-0.39, 0.29) is 11.3 Å². The van der Waals surface area contributed by atoms with Gasteiger partial charge in [0.2, 0.25) is 0 Å². The molecule has 1 N–H and O–H groups in total. The van der Waals surface area contributed by atoms with Crippen LogP contribution in [0.2, 0.25) is 0 Å². The summed E-state index contributed by atoms with van der Waals surface area (Å²) in [5, 5.41) is 20.2. The lowest BCUT2D eigenvalue weighted by Gasteiger charge is -2.28. The van der Waals surface area contributed by atoms with Gasteiger partial charge in [0.25, 0.3) is 0 Å². The van der Waals surface area contributed by atoms with Crippen molar-refractivity contribution in [2.45, 2.75) is 77.3 Å². The molecule has 0 aliphatic rings. The summed E-state index contributed by atoms with van der Waals surface area (Å²) in [6, 6.07) is 17.1. The SMILES string of the molecule is CCCCCCCCc1cc(-n2nc3ccc(C(F)(F)F)cc3n2)c(O)c(C(C)(C)c2ccccc2)c1. The Morgan fingerprint density at radius 2 is 1.46 bits per heavy atom. The summed E-state index contributed by atoms with van der Waals surface area (Å²) in [5.74, 6) is 0.0249. The van der Waals surface area contributed by atoms with Crippen molar-refractivity contribution in [2.24, 2.45) is 0 Å². The van der Waals surface area contributed by atoms with Gasteiger partial charge in [-0.3, -0.25) is 0 Å². The van der Waals surface area contributed by atoms with Crippen LogP contribution in [-0.4, -0.2) is 20.1 Å². The molecule has 4 nitrogen and oxygen atoms in total. The van der Waals surface area contributed by atoms with Crippen molar-refractivity contribution in [2.75, 3.05) is 0 Å². The van der Waals surface area contributed by atoms with Crippen LogP contribution in [-0.2, 0) is 18.0 Å². The fraction of sp³-hybridized carbons (Fsp3) is 0.400. The molecule has 3 aromatic carbocycles. The van der Waals surface area contributed by atoms with E-state index >= 15 is 0 Å². The number of fused-ring (bicyclic) bond motifs is 1. The summed E-state index contributed by atoms with van der Waals surface area (Å²) in [5.41, 5.74) is 2.34. The molecule has 1 aromatic heterocycles. The minimum atomic E-state index is -4.47. The molecule has 1 heterocycles. The molecule has 37 heavy (non-hydrogen) atoms. The van der Waals surface area contributed by atoms with Crippen LogP contribution in [0.25, 0.3) is 16.7 Å². The molecule has 0 spiro atoms. The third-order valence-electron chi connectivity index (χ3n) is 7.06. The standard InChI is InChI=1S/C30H34F3N3O/c1-4-5-6-7-8-10-13-21-18-24(29(2,3)22-14-11-9-12-15-22)28(37)27(19-21)36-34-25-17-16-23(30(31,32)33)20-26(25)35-36/h9,11-12,14-20,37H,4-8,10,13H2,1-3H3. The van der Waals surface area contributed by atoms with E-state index in [9.17, 15) is 18.3 Å².